The monoisotopic (exact) mass is 291 g/mol. The summed E-state index contributed by atoms with van der Waals surface area (Å²) in [6.45, 7) is 5.42. The first-order valence-corrected chi connectivity index (χ1v) is 8.08. The summed E-state index contributed by atoms with van der Waals surface area (Å²) in [5, 5.41) is 9.31. The van der Waals surface area contributed by atoms with Gasteiger partial charge in [0.25, 0.3) is 0 Å². The van der Waals surface area contributed by atoms with Crippen LogP contribution in [0.5, 0.6) is 0 Å². The molecule has 110 valence electrons. The maximum atomic E-state index is 12.1. The maximum absolute atomic E-state index is 12.1. The smallest absolute Gasteiger partial charge is 0.410 e. The number of rotatable bonds is 1. The average Bonchev–Trinajstić information content (AvgIpc) is 2.43. The highest BCUT2D eigenvalue weighted by molar-refractivity contribution is 7.93. The third-order valence-electron chi connectivity index (χ3n) is 3.89. The molecule has 2 heterocycles. The Bertz CT molecular complexity index is 473. The molecule has 0 aromatic rings. The van der Waals surface area contributed by atoms with E-state index in [2.05, 4.69) is 0 Å². The molecule has 1 amide bonds. The fourth-order valence-electron chi connectivity index (χ4n) is 2.79. The number of carbonyl (C=O) groups excluding carboxylic acids is 1. The molecule has 2 aliphatic heterocycles. The molecule has 1 N–H and O–H groups in total. The van der Waals surface area contributed by atoms with Gasteiger partial charge in [0.15, 0.2) is 9.84 Å². The number of hydrogen-bond acceptors (Lipinski definition) is 5. The summed E-state index contributed by atoms with van der Waals surface area (Å²) >= 11 is 0. The SMILES string of the molecule is CC(C)(C)OC(=O)N1CC2(C1)[C@H](CO)CCS2(=O)=O. The largest absolute Gasteiger partial charge is 0.444 e. The minimum absolute atomic E-state index is 0.0976. The van der Waals surface area contributed by atoms with E-state index in [9.17, 15) is 18.3 Å². The zero-order valence-corrected chi connectivity index (χ0v) is 12.4. The van der Waals surface area contributed by atoms with Crippen LogP contribution in [0.2, 0.25) is 0 Å². The van der Waals surface area contributed by atoms with Gasteiger partial charge in [-0.2, -0.15) is 0 Å². The molecule has 0 bridgehead atoms. The van der Waals surface area contributed by atoms with E-state index in [4.69, 9.17) is 4.74 Å². The number of sulfone groups is 1. The second kappa shape index (κ2) is 4.34. The molecule has 2 saturated heterocycles. The predicted octanol–water partition coefficient (Wildman–Crippen LogP) is 0.403. The van der Waals surface area contributed by atoms with Gasteiger partial charge in [0, 0.05) is 25.6 Å². The zero-order chi connectivity index (χ0) is 14.5. The lowest BCUT2D eigenvalue weighted by molar-refractivity contribution is -0.00687. The van der Waals surface area contributed by atoms with Crippen molar-refractivity contribution < 1.29 is 23.1 Å². The molecule has 1 spiro atoms. The van der Waals surface area contributed by atoms with Crippen molar-refractivity contribution in [1.29, 1.82) is 0 Å². The molecular weight excluding hydrogens is 270 g/mol. The second-order valence-corrected chi connectivity index (χ2v) is 8.84. The molecule has 0 unspecified atom stereocenters. The van der Waals surface area contributed by atoms with E-state index in [1.165, 1.54) is 4.90 Å². The molecule has 0 aromatic heterocycles. The number of ether oxygens (including phenoxy) is 1. The van der Waals surface area contributed by atoms with E-state index in [0.717, 1.165) is 0 Å². The van der Waals surface area contributed by atoms with Gasteiger partial charge >= 0.3 is 6.09 Å². The summed E-state index contributed by atoms with van der Waals surface area (Å²) in [5.41, 5.74) is -0.592. The fraction of sp³-hybridized carbons (Fsp3) is 0.917. The molecule has 0 radical (unpaired) electrons. The van der Waals surface area contributed by atoms with Crippen molar-refractivity contribution in [1.82, 2.24) is 4.90 Å². The van der Waals surface area contributed by atoms with Crippen LogP contribution in [-0.2, 0) is 14.6 Å². The molecule has 0 aromatic carbocycles. The van der Waals surface area contributed by atoms with Crippen molar-refractivity contribution in [2.45, 2.75) is 37.5 Å². The lowest BCUT2D eigenvalue weighted by Gasteiger charge is -2.49. The van der Waals surface area contributed by atoms with Gasteiger partial charge < -0.3 is 14.7 Å². The van der Waals surface area contributed by atoms with Crippen molar-refractivity contribution in [3.63, 3.8) is 0 Å². The van der Waals surface area contributed by atoms with Crippen LogP contribution in [0.25, 0.3) is 0 Å². The quantitative estimate of drug-likeness (QED) is 0.756. The van der Waals surface area contributed by atoms with Gasteiger partial charge in [0.05, 0.1) is 5.75 Å². The van der Waals surface area contributed by atoms with E-state index in [-0.39, 0.29) is 31.4 Å². The van der Waals surface area contributed by atoms with E-state index in [0.29, 0.717) is 6.42 Å². The third kappa shape index (κ3) is 2.33. The predicted molar refractivity (Wildman–Crippen MR) is 69.5 cm³/mol. The van der Waals surface area contributed by atoms with Crippen molar-refractivity contribution in [2.75, 3.05) is 25.4 Å². The Morgan fingerprint density at radius 3 is 2.47 bits per heavy atom. The van der Waals surface area contributed by atoms with Gasteiger partial charge in [0.2, 0.25) is 0 Å². The van der Waals surface area contributed by atoms with Crippen LogP contribution in [0.4, 0.5) is 4.79 Å². The average molecular weight is 291 g/mol. The summed E-state index contributed by atoms with van der Waals surface area (Å²) in [6.07, 6.45) is -0.0158. The number of likely N-dealkylation sites (tertiary alicyclic amines) is 1. The number of nitrogens with zero attached hydrogens (tertiary/aromatic N) is 1. The topological polar surface area (TPSA) is 83.9 Å². The molecule has 0 aliphatic carbocycles. The van der Waals surface area contributed by atoms with Crippen molar-refractivity contribution in [3.05, 3.63) is 0 Å². The van der Waals surface area contributed by atoms with E-state index >= 15 is 0 Å². The molecule has 2 fully saturated rings. The highest BCUT2D eigenvalue weighted by Crippen LogP contribution is 2.44. The molecule has 6 nitrogen and oxygen atoms in total. The van der Waals surface area contributed by atoms with Crippen LogP contribution in [0.1, 0.15) is 27.2 Å². The van der Waals surface area contributed by atoms with E-state index in [1.807, 2.05) is 0 Å². The van der Waals surface area contributed by atoms with Crippen LogP contribution in [0, 0.1) is 5.92 Å². The van der Waals surface area contributed by atoms with Crippen LogP contribution in [0.15, 0.2) is 0 Å². The normalized spacial score (nSPS) is 28.2. The van der Waals surface area contributed by atoms with Gasteiger partial charge in [-0.05, 0) is 27.2 Å². The Kier molecular flexibility index (Phi) is 3.33. The summed E-state index contributed by atoms with van der Waals surface area (Å²) in [6, 6.07) is 0. The fourth-order valence-corrected chi connectivity index (χ4v) is 5.19. The van der Waals surface area contributed by atoms with Gasteiger partial charge in [-0.3, -0.25) is 0 Å². The van der Waals surface area contributed by atoms with Gasteiger partial charge in [-0.15, -0.1) is 0 Å². The minimum atomic E-state index is -3.23. The number of carbonyl (C=O) groups is 1. The lowest BCUT2D eigenvalue weighted by Crippen LogP contribution is -2.69. The van der Waals surface area contributed by atoms with Crippen molar-refractivity contribution in [3.8, 4) is 0 Å². The van der Waals surface area contributed by atoms with Crippen molar-refractivity contribution >= 4 is 15.9 Å². The van der Waals surface area contributed by atoms with Gasteiger partial charge in [-0.25, -0.2) is 13.2 Å². The molecular formula is C12H21NO5S. The summed E-state index contributed by atoms with van der Waals surface area (Å²) in [7, 11) is -3.23. The van der Waals surface area contributed by atoms with Crippen LogP contribution in [0.3, 0.4) is 0 Å². The Morgan fingerprint density at radius 2 is 2.00 bits per heavy atom. The zero-order valence-electron chi connectivity index (χ0n) is 11.5. The van der Waals surface area contributed by atoms with Crippen LogP contribution >= 0.6 is 0 Å². The number of amides is 1. The Hall–Kier alpha value is -0.820. The highest BCUT2D eigenvalue weighted by atomic mass is 32.2. The van der Waals surface area contributed by atoms with Crippen LogP contribution in [-0.4, -0.2) is 60.3 Å². The summed E-state index contributed by atoms with van der Waals surface area (Å²) < 4.78 is 28.5. The van der Waals surface area contributed by atoms with E-state index < -0.39 is 26.3 Å². The lowest BCUT2D eigenvalue weighted by atomic mass is 9.84. The minimum Gasteiger partial charge on any atom is -0.444 e. The number of aliphatic hydroxyl groups excluding tert-OH is 1. The molecule has 0 saturated carbocycles. The van der Waals surface area contributed by atoms with Gasteiger partial charge in [0.1, 0.15) is 10.3 Å². The molecule has 19 heavy (non-hydrogen) atoms. The summed E-state index contributed by atoms with van der Waals surface area (Å²) in [5.74, 6) is -0.170. The Labute approximate surface area is 113 Å². The van der Waals surface area contributed by atoms with Gasteiger partial charge in [-0.1, -0.05) is 0 Å². The molecule has 1 atom stereocenters. The molecule has 2 aliphatic rings. The number of aliphatic hydroxyl groups is 1. The van der Waals surface area contributed by atoms with Crippen molar-refractivity contribution in [2.24, 2.45) is 5.92 Å². The number of hydrogen-bond donors (Lipinski definition) is 1. The molecule has 7 heteroatoms. The third-order valence-corrected chi connectivity index (χ3v) is 6.49. The van der Waals surface area contributed by atoms with E-state index in [1.54, 1.807) is 20.8 Å². The first kappa shape index (κ1) is 14.6. The maximum Gasteiger partial charge on any atom is 0.410 e. The standard InChI is InChI=1S/C12H21NO5S/c1-11(2,3)18-10(15)13-7-12(8-13)9(6-14)4-5-19(12,16)17/h9,14H,4-8H2,1-3H3/t9-/m0/s1. The Balaban J connectivity index is 2.07. The first-order chi connectivity index (χ1) is 8.61. The highest BCUT2D eigenvalue weighted by Gasteiger charge is 2.62. The molecule has 2 rings (SSSR count). The second-order valence-electron chi connectivity index (χ2n) is 6.39. The van der Waals surface area contributed by atoms with Crippen LogP contribution < -0.4 is 0 Å². The Morgan fingerprint density at radius 1 is 1.42 bits per heavy atom. The first-order valence-electron chi connectivity index (χ1n) is 6.42. The summed E-state index contributed by atoms with van der Waals surface area (Å²) in [4.78, 5) is 13.2.